The van der Waals surface area contributed by atoms with Crippen LogP contribution in [0.5, 0.6) is 5.75 Å². The Morgan fingerprint density at radius 2 is 1.88 bits per heavy atom. The first kappa shape index (κ1) is 18.3. The zero-order chi connectivity index (χ0) is 18.9. The number of piperazine rings is 1. The molecule has 1 atom stereocenters. The third-order valence-corrected chi connectivity index (χ3v) is 6.35. The molecule has 1 unspecified atom stereocenters. The Morgan fingerprint density at radius 3 is 2.50 bits per heavy atom. The lowest BCUT2D eigenvalue weighted by Crippen LogP contribution is -2.52. The van der Waals surface area contributed by atoms with Crippen molar-refractivity contribution in [3.05, 3.63) is 59.4 Å². The number of aryl methyl sites for hydroxylation is 1. The minimum Gasteiger partial charge on any atom is -0.497 e. The van der Waals surface area contributed by atoms with E-state index in [2.05, 4.69) is 5.32 Å². The summed E-state index contributed by atoms with van der Waals surface area (Å²) in [4.78, 5) is 12.5. The van der Waals surface area contributed by atoms with E-state index in [4.69, 9.17) is 4.74 Å². The summed E-state index contributed by atoms with van der Waals surface area (Å²) in [6.45, 7) is 2.01. The maximum atomic E-state index is 13.2. The molecule has 0 aliphatic carbocycles. The molecule has 1 fully saturated rings. The smallest absolute Gasteiger partial charge is 0.244 e. The highest BCUT2D eigenvalue weighted by Crippen LogP contribution is 2.32. The summed E-state index contributed by atoms with van der Waals surface area (Å²) >= 11 is 0. The minimum atomic E-state index is -3.93. The highest BCUT2D eigenvalue weighted by molar-refractivity contribution is 7.89. The standard InChI is InChI=1S/C18H19FN2O4S/c1-12-11-15(25-2)7-8-16(12)26(23,24)21-10-9-20-18(22)17(21)13-3-5-14(19)6-4-13/h3-8,11,17H,9-10H2,1-2H3,(H,20,22). The number of hydrogen-bond donors (Lipinski definition) is 1. The Hall–Kier alpha value is -2.45. The number of methoxy groups -OCH3 is 1. The molecular weight excluding hydrogens is 359 g/mol. The summed E-state index contributed by atoms with van der Waals surface area (Å²) in [6.07, 6.45) is 0. The van der Waals surface area contributed by atoms with Gasteiger partial charge in [0.1, 0.15) is 17.6 Å². The van der Waals surface area contributed by atoms with E-state index in [1.165, 1.54) is 37.4 Å². The van der Waals surface area contributed by atoms with Gasteiger partial charge in [-0.3, -0.25) is 4.79 Å². The van der Waals surface area contributed by atoms with Gasteiger partial charge in [-0.1, -0.05) is 12.1 Å². The second-order valence-electron chi connectivity index (χ2n) is 5.99. The molecule has 2 aromatic rings. The molecule has 138 valence electrons. The van der Waals surface area contributed by atoms with Gasteiger partial charge in [-0.2, -0.15) is 4.31 Å². The van der Waals surface area contributed by atoms with Crippen LogP contribution in [0, 0.1) is 12.7 Å². The molecule has 0 radical (unpaired) electrons. The number of nitrogens with zero attached hydrogens (tertiary/aromatic N) is 1. The number of benzene rings is 2. The molecule has 3 rings (SSSR count). The lowest BCUT2D eigenvalue weighted by Gasteiger charge is -2.34. The van der Waals surface area contributed by atoms with Crippen molar-refractivity contribution in [1.82, 2.24) is 9.62 Å². The van der Waals surface area contributed by atoms with Gasteiger partial charge >= 0.3 is 0 Å². The molecule has 1 aliphatic rings. The van der Waals surface area contributed by atoms with Crippen molar-refractivity contribution in [2.45, 2.75) is 17.9 Å². The van der Waals surface area contributed by atoms with Crippen LogP contribution in [0.25, 0.3) is 0 Å². The second kappa shape index (κ2) is 7.05. The molecule has 2 aromatic carbocycles. The Balaban J connectivity index is 2.06. The van der Waals surface area contributed by atoms with Gasteiger partial charge in [-0.25, -0.2) is 12.8 Å². The van der Waals surface area contributed by atoms with Crippen LogP contribution in [0.3, 0.4) is 0 Å². The monoisotopic (exact) mass is 378 g/mol. The molecule has 8 heteroatoms. The van der Waals surface area contributed by atoms with Gasteiger partial charge in [-0.05, 0) is 48.4 Å². The third-order valence-electron chi connectivity index (χ3n) is 4.32. The van der Waals surface area contributed by atoms with Crippen LogP contribution in [0.1, 0.15) is 17.2 Å². The second-order valence-corrected chi connectivity index (χ2v) is 7.85. The fourth-order valence-corrected chi connectivity index (χ4v) is 4.82. The first-order valence-electron chi connectivity index (χ1n) is 8.04. The molecule has 1 aliphatic heterocycles. The maximum Gasteiger partial charge on any atom is 0.244 e. The summed E-state index contributed by atoms with van der Waals surface area (Å²) in [5.74, 6) is -0.337. The molecular formula is C18H19FN2O4S. The topological polar surface area (TPSA) is 75.7 Å². The summed E-state index contributed by atoms with van der Waals surface area (Å²) in [5.41, 5.74) is 0.937. The van der Waals surface area contributed by atoms with Gasteiger partial charge in [0.2, 0.25) is 15.9 Å². The first-order valence-corrected chi connectivity index (χ1v) is 9.48. The largest absolute Gasteiger partial charge is 0.497 e. The Bertz CT molecular complexity index is 929. The fraction of sp³-hybridized carbons (Fsp3) is 0.278. The average molecular weight is 378 g/mol. The number of halogens is 1. The van der Waals surface area contributed by atoms with Crippen LogP contribution in [0.4, 0.5) is 4.39 Å². The zero-order valence-corrected chi connectivity index (χ0v) is 15.2. The van der Waals surface area contributed by atoms with Crippen molar-refractivity contribution >= 4 is 15.9 Å². The van der Waals surface area contributed by atoms with E-state index in [9.17, 15) is 17.6 Å². The molecule has 1 N–H and O–H groups in total. The average Bonchev–Trinajstić information content (AvgIpc) is 2.62. The van der Waals surface area contributed by atoms with Gasteiger partial charge in [0.25, 0.3) is 0 Å². The van der Waals surface area contributed by atoms with Gasteiger partial charge in [0.05, 0.1) is 12.0 Å². The molecule has 0 spiro atoms. The van der Waals surface area contributed by atoms with E-state index in [0.717, 1.165) is 4.31 Å². The van der Waals surface area contributed by atoms with Gasteiger partial charge in [0, 0.05) is 13.1 Å². The zero-order valence-electron chi connectivity index (χ0n) is 14.4. The summed E-state index contributed by atoms with van der Waals surface area (Å²) < 4.78 is 46.0. The number of carbonyl (C=O) groups excluding carboxylic acids is 1. The van der Waals surface area contributed by atoms with Crippen LogP contribution in [-0.2, 0) is 14.8 Å². The number of hydrogen-bond acceptors (Lipinski definition) is 4. The summed E-state index contributed by atoms with van der Waals surface area (Å²) in [7, 11) is -2.43. The SMILES string of the molecule is COc1ccc(S(=O)(=O)N2CCNC(=O)C2c2ccc(F)cc2)c(C)c1. The van der Waals surface area contributed by atoms with E-state index in [0.29, 0.717) is 16.9 Å². The first-order chi connectivity index (χ1) is 12.3. The lowest BCUT2D eigenvalue weighted by atomic mass is 10.0. The van der Waals surface area contributed by atoms with E-state index in [1.54, 1.807) is 19.1 Å². The van der Waals surface area contributed by atoms with Crippen molar-refractivity contribution in [2.24, 2.45) is 0 Å². The lowest BCUT2D eigenvalue weighted by molar-refractivity contribution is -0.126. The molecule has 1 amide bonds. The number of carbonyl (C=O) groups is 1. The van der Waals surface area contributed by atoms with Gasteiger partial charge < -0.3 is 10.1 Å². The quantitative estimate of drug-likeness (QED) is 0.883. The molecule has 6 nitrogen and oxygen atoms in total. The van der Waals surface area contributed by atoms with Crippen molar-refractivity contribution in [2.75, 3.05) is 20.2 Å². The normalized spacial score (nSPS) is 18.4. The van der Waals surface area contributed by atoms with Gasteiger partial charge in [0.15, 0.2) is 0 Å². The fourth-order valence-electron chi connectivity index (χ4n) is 3.03. The van der Waals surface area contributed by atoms with Crippen molar-refractivity contribution in [3.63, 3.8) is 0 Å². The molecule has 1 heterocycles. The summed E-state index contributed by atoms with van der Waals surface area (Å²) in [6, 6.07) is 8.89. The Kier molecular flexibility index (Phi) is 4.97. The number of nitrogens with one attached hydrogen (secondary N) is 1. The minimum absolute atomic E-state index is 0.111. The van der Waals surface area contributed by atoms with Crippen LogP contribution in [0.2, 0.25) is 0 Å². The predicted molar refractivity (Wildman–Crippen MR) is 93.8 cm³/mol. The van der Waals surface area contributed by atoms with Crippen LogP contribution in [-0.4, -0.2) is 38.8 Å². The number of amides is 1. The van der Waals surface area contributed by atoms with E-state index in [-0.39, 0.29) is 18.0 Å². The predicted octanol–water partition coefficient (Wildman–Crippen LogP) is 2.00. The molecule has 0 bridgehead atoms. The third kappa shape index (κ3) is 3.30. The van der Waals surface area contributed by atoms with Crippen molar-refractivity contribution < 1.29 is 22.3 Å². The van der Waals surface area contributed by atoms with E-state index in [1.807, 2.05) is 0 Å². The summed E-state index contributed by atoms with van der Waals surface area (Å²) in [5, 5.41) is 2.67. The van der Waals surface area contributed by atoms with Crippen LogP contribution < -0.4 is 10.1 Å². The molecule has 26 heavy (non-hydrogen) atoms. The number of rotatable bonds is 4. The van der Waals surface area contributed by atoms with E-state index >= 15 is 0 Å². The Labute approximate surface area is 151 Å². The molecule has 1 saturated heterocycles. The van der Waals surface area contributed by atoms with Crippen LogP contribution >= 0.6 is 0 Å². The van der Waals surface area contributed by atoms with Gasteiger partial charge in [-0.15, -0.1) is 0 Å². The Morgan fingerprint density at radius 1 is 1.19 bits per heavy atom. The highest BCUT2D eigenvalue weighted by Gasteiger charge is 2.40. The number of sulfonamides is 1. The molecule has 0 saturated carbocycles. The highest BCUT2D eigenvalue weighted by atomic mass is 32.2. The molecule has 0 aromatic heterocycles. The van der Waals surface area contributed by atoms with Crippen molar-refractivity contribution in [1.29, 1.82) is 0 Å². The van der Waals surface area contributed by atoms with Crippen LogP contribution in [0.15, 0.2) is 47.4 Å². The van der Waals surface area contributed by atoms with E-state index < -0.39 is 27.8 Å². The van der Waals surface area contributed by atoms with Crippen molar-refractivity contribution in [3.8, 4) is 5.75 Å². The number of ether oxygens (including phenoxy) is 1. The maximum absolute atomic E-state index is 13.2.